The van der Waals surface area contributed by atoms with Gasteiger partial charge in [0.2, 0.25) is 0 Å². The van der Waals surface area contributed by atoms with Crippen molar-refractivity contribution >= 4 is 58.0 Å². The first-order chi connectivity index (χ1) is 37.0. The lowest BCUT2D eigenvalue weighted by molar-refractivity contribution is -0.198. The number of rotatable bonds is 57. The van der Waals surface area contributed by atoms with Crippen LogP contribution in [0.15, 0.2) is 0 Å². The lowest BCUT2D eigenvalue weighted by Crippen LogP contribution is -2.32. The fourth-order valence-corrected chi connectivity index (χ4v) is 7.31. The SMILES string of the molecule is C=O.O=C(CCOCCOCCOCCOCCOCCOCCOCCOCCSSCCOCCOCCOCCOCCOCCOCCOCCOCCC(=O)ON1C(=O)CCC1=O)ON1CCCC1=O. The molecule has 0 unspecified atom stereocenters. The lowest BCUT2D eigenvalue weighted by Gasteiger charge is -2.14. The Bertz CT molecular complexity index is 1350. The number of carbonyl (C=O) groups is 6. The van der Waals surface area contributed by atoms with Gasteiger partial charge in [-0.1, -0.05) is 21.6 Å². The van der Waals surface area contributed by atoms with Gasteiger partial charge < -0.3 is 90.3 Å². The van der Waals surface area contributed by atoms with Gasteiger partial charge in [0.05, 0.1) is 231 Å². The van der Waals surface area contributed by atoms with Gasteiger partial charge in [0.25, 0.3) is 17.7 Å². The van der Waals surface area contributed by atoms with Crippen LogP contribution in [-0.4, -0.2) is 276 Å². The highest BCUT2D eigenvalue weighted by Gasteiger charge is 2.32. The first kappa shape index (κ1) is 70.3. The average molecular weight is 1130 g/mol. The third kappa shape index (κ3) is 47.0. The van der Waals surface area contributed by atoms with E-state index in [4.69, 9.17) is 90.3 Å². The molecule has 2 fully saturated rings. The Hall–Kier alpha value is -2.72. The van der Waals surface area contributed by atoms with Crippen molar-refractivity contribution in [2.24, 2.45) is 0 Å². The smallest absolute Gasteiger partial charge is 0.335 e. The van der Waals surface area contributed by atoms with Crippen LogP contribution in [0.3, 0.4) is 0 Å². The second-order valence-electron chi connectivity index (χ2n) is 15.0. The Balaban J connectivity index is 0.0000139. The molecule has 2 heterocycles. The minimum Gasteiger partial charge on any atom is -0.378 e. The van der Waals surface area contributed by atoms with Crippen molar-refractivity contribution in [1.82, 2.24) is 10.1 Å². The van der Waals surface area contributed by atoms with Gasteiger partial charge >= 0.3 is 11.9 Å². The van der Waals surface area contributed by atoms with Gasteiger partial charge in [-0.25, -0.2) is 9.59 Å². The first-order valence-electron chi connectivity index (χ1n) is 25.3. The van der Waals surface area contributed by atoms with E-state index in [2.05, 4.69) is 0 Å². The van der Waals surface area contributed by atoms with Crippen LogP contribution in [0.4, 0.5) is 0 Å². The summed E-state index contributed by atoms with van der Waals surface area (Å²) >= 11 is 0. The van der Waals surface area contributed by atoms with Gasteiger partial charge in [0.15, 0.2) is 0 Å². The molecule has 0 aromatic rings. The molecule has 75 heavy (non-hydrogen) atoms. The maximum atomic E-state index is 11.7. The highest BCUT2D eigenvalue weighted by molar-refractivity contribution is 8.76. The number of hydrogen-bond donors (Lipinski definition) is 0. The summed E-state index contributed by atoms with van der Waals surface area (Å²) in [6.45, 7) is 16.7. The molecule has 2 rings (SSSR count). The van der Waals surface area contributed by atoms with Crippen molar-refractivity contribution < 1.29 is 114 Å². The van der Waals surface area contributed by atoms with Crippen LogP contribution in [0, 0.1) is 0 Å². The van der Waals surface area contributed by atoms with E-state index >= 15 is 0 Å². The van der Waals surface area contributed by atoms with E-state index in [1.54, 1.807) is 21.6 Å². The van der Waals surface area contributed by atoms with Crippen molar-refractivity contribution in [2.45, 2.75) is 38.5 Å². The molecule has 3 amide bonds. The van der Waals surface area contributed by atoms with Crippen LogP contribution < -0.4 is 0 Å². The second kappa shape index (κ2) is 56.0. The zero-order valence-corrected chi connectivity index (χ0v) is 45.3. The predicted octanol–water partition coefficient (Wildman–Crippen LogP) is 0.917. The summed E-state index contributed by atoms with van der Waals surface area (Å²) in [7, 11) is 3.51. The van der Waals surface area contributed by atoms with Gasteiger partial charge in [-0.2, -0.15) is 5.06 Å². The number of hydroxylamine groups is 4. The van der Waals surface area contributed by atoms with E-state index in [0.717, 1.165) is 16.6 Å². The van der Waals surface area contributed by atoms with Crippen LogP contribution in [0.5, 0.6) is 0 Å². The topological polar surface area (TPSA) is 275 Å². The van der Waals surface area contributed by atoms with Gasteiger partial charge in [-0.05, 0) is 6.42 Å². The first-order valence-corrected chi connectivity index (χ1v) is 27.8. The van der Waals surface area contributed by atoms with Gasteiger partial charge in [0.1, 0.15) is 6.79 Å². The number of amides is 3. The molecule has 2 aliphatic heterocycles. The number of ether oxygens (including phenoxy) is 16. The predicted molar refractivity (Wildman–Crippen MR) is 269 cm³/mol. The number of carbonyl (C=O) groups excluding carboxylic acids is 6. The zero-order chi connectivity index (χ0) is 54.2. The average Bonchev–Trinajstić information content (AvgIpc) is 3.97. The molecule has 28 heteroatoms. The zero-order valence-electron chi connectivity index (χ0n) is 43.7. The number of nitrogens with zero attached hydrogens (tertiary/aromatic N) is 2. The van der Waals surface area contributed by atoms with Gasteiger partial charge in [0, 0.05) is 30.8 Å². The molecule has 0 aromatic carbocycles. The molecule has 0 spiro atoms. The standard InChI is InChI=1S/C46H82N2O23S2.CH2O/c49-42-2-1-7-47(42)70-45(52)5-8-54-10-12-56-14-16-58-18-20-60-22-24-62-26-28-64-30-32-66-34-36-68-38-40-72-73-41-39-69-37-35-67-33-31-65-29-27-63-25-23-61-21-19-59-17-15-57-13-11-55-9-6-46(53)71-48-43(50)3-4-44(48)51;1-2/h1-41H2;1H2. The molecule has 0 N–H and O–H groups in total. The van der Waals surface area contributed by atoms with Crippen molar-refractivity contribution in [3.05, 3.63) is 0 Å². The summed E-state index contributed by atoms with van der Waals surface area (Å²) in [5.74, 6) is -0.606. The van der Waals surface area contributed by atoms with E-state index in [1.165, 1.54) is 0 Å². The quantitative estimate of drug-likeness (QED) is 0.0465. The summed E-state index contributed by atoms with van der Waals surface area (Å²) in [5, 5.41) is 1.63. The fraction of sp³-hybridized carbons (Fsp3) is 0.872. The third-order valence-electron chi connectivity index (χ3n) is 9.26. The summed E-state index contributed by atoms with van der Waals surface area (Å²) in [4.78, 5) is 75.4. The number of imide groups is 1. The highest BCUT2D eigenvalue weighted by Crippen LogP contribution is 2.20. The minimum atomic E-state index is -0.703. The van der Waals surface area contributed by atoms with E-state index in [9.17, 15) is 24.0 Å². The van der Waals surface area contributed by atoms with E-state index in [0.29, 0.717) is 216 Å². The summed E-state index contributed by atoms with van der Waals surface area (Å²) in [6.07, 6.45) is 1.23. The van der Waals surface area contributed by atoms with Gasteiger partial charge in [-0.3, -0.25) is 14.4 Å². The Morgan fingerprint density at radius 3 is 0.827 bits per heavy atom. The molecular weight excluding hydrogens is 1040 g/mol. The normalized spacial score (nSPS) is 13.5. The van der Waals surface area contributed by atoms with Crippen LogP contribution in [0.2, 0.25) is 0 Å². The van der Waals surface area contributed by atoms with Crippen molar-refractivity contribution in [3.8, 4) is 0 Å². The third-order valence-corrected chi connectivity index (χ3v) is 11.6. The summed E-state index contributed by atoms with van der Waals surface area (Å²) in [6, 6.07) is 0. The number of hydrogen-bond acceptors (Lipinski definition) is 26. The maximum absolute atomic E-state index is 11.7. The molecule has 438 valence electrons. The molecule has 2 aliphatic rings. The molecule has 0 atom stereocenters. The summed E-state index contributed by atoms with van der Waals surface area (Å²) in [5.41, 5.74) is 0. The highest BCUT2D eigenvalue weighted by atomic mass is 33.1. The lowest BCUT2D eigenvalue weighted by atomic mass is 10.4. The molecule has 0 bridgehead atoms. The van der Waals surface area contributed by atoms with Gasteiger partial charge in [-0.15, -0.1) is 5.06 Å². The van der Waals surface area contributed by atoms with Crippen molar-refractivity contribution in [3.63, 3.8) is 0 Å². The molecule has 0 aromatic heterocycles. The van der Waals surface area contributed by atoms with Crippen LogP contribution >= 0.6 is 21.6 Å². The molecule has 0 radical (unpaired) electrons. The van der Waals surface area contributed by atoms with Crippen LogP contribution in [0.1, 0.15) is 38.5 Å². The Kier molecular flexibility index (Phi) is 52.5. The van der Waals surface area contributed by atoms with E-state index in [1.807, 2.05) is 6.79 Å². The summed E-state index contributed by atoms with van der Waals surface area (Å²) < 4.78 is 87.6. The van der Waals surface area contributed by atoms with E-state index in [-0.39, 0.29) is 51.4 Å². The van der Waals surface area contributed by atoms with Crippen LogP contribution in [0.25, 0.3) is 0 Å². The maximum Gasteiger partial charge on any atom is 0.335 e. The molecule has 0 aliphatic carbocycles. The molecule has 0 saturated carbocycles. The second-order valence-corrected chi connectivity index (χ2v) is 17.8. The van der Waals surface area contributed by atoms with Crippen LogP contribution in [-0.2, 0) is 114 Å². The molecule has 2 saturated heterocycles. The fourth-order valence-electron chi connectivity index (χ4n) is 5.59. The van der Waals surface area contributed by atoms with Crippen molar-refractivity contribution in [2.75, 3.05) is 229 Å². The Morgan fingerprint density at radius 1 is 0.333 bits per heavy atom. The molecular formula is C47H84N2O24S2. The molecule has 26 nitrogen and oxygen atoms in total. The largest absolute Gasteiger partial charge is 0.378 e. The Morgan fingerprint density at radius 2 is 0.573 bits per heavy atom. The van der Waals surface area contributed by atoms with E-state index < -0.39 is 23.8 Å². The van der Waals surface area contributed by atoms with Crippen molar-refractivity contribution in [1.29, 1.82) is 0 Å². The Labute approximate surface area is 449 Å². The monoisotopic (exact) mass is 1120 g/mol. The minimum absolute atomic E-state index is 0.0538.